The number of fused-ring (bicyclic) bond motifs is 3. The number of carbonyl (C=O) groups excluding carboxylic acids is 1. The average Bonchev–Trinajstić information content (AvgIpc) is 3.23. The predicted molar refractivity (Wildman–Crippen MR) is 108 cm³/mol. The summed E-state index contributed by atoms with van der Waals surface area (Å²) in [5, 5.41) is 23.3. The first-order valence-corrected chi connectivity index (χ1v) is 9.35. The summed E-state index contributed by atoms with van der Waals surface area (Å²) < 4.78 is 5.45. The molecule has 0 saturated carbocycles. The van der Waals surface area contributed by atoms with Gasteiger partial charge in [-0.25, -0.2) is 0 Å². The first-order chi connectivity index (χ1) is 14.2. The van der Waals surface area contributed by atoms with Gasteiger partial charge in [0.25, 0.3) is 5.69 Å². The lowest BCUT2D eigenvalue weighted by molar-refractivity contribution is -0.394. The van der Waals surface area contributed by atoms with E-state index in [2.05, 4.69) is 0 Å². The third-order valence-electron chi connectivity index (χ3n) is 6.17. The second-order valence-electron chi connectivity index (χ2n) is 7.50. The maximum atomic E-state index is 12.4. The molecule has 1 fully saturated rings. The van der Waals surface area contributed by atoms with Crippen molar-refractivity contribution >= 4 is 23.0 Å². The lowest BCUT2D eigenvalue weighted by Crippen LogP contribution is -2.50. The minimum atomic E-state index is -0.904. The zero-order valence-corrected chi connectivity index (χ0v) is 16.7. The van der Waals surface area contributed by atoms with Gasteiger partial charge < -0.3 is 14.5 Å². The fourth-order valence-corrected chi connectivity index (χ4v) is 5.05. The molecule has 156 valence electrons. The predicted octanol–water partition coefficient (Wildman–Crippen LogP) is 2.83. The SMILES string of the molecule is COc1c([N+](=O)[O-])cc([N+](=O)[O-])cc1[C@]12CCN(C(C)=O)[C@H]1N(C)c1ccccc12. The Morgan fingerprint density at radius 1 is 1.17 bits per heavy atom. The van der Waals surface area contributed by atoms with Crippen molar-refractivity contribution in [3.63, 3.8) is 0 Å². The van der Waals surface area contributed by atoms with Gasteiger partial charge in [-0.1, -0.05) is 18.2 Å². The highest BCUT2D eigenvalue weighted by atomic mass is 16.6. The maximum absolute atomic E-state index is 12.4. The van der Waals surface area contributed by atoms with Gasteiger partial charge in [-0.05, 0) is 18.1 Å². The fraction of sp³-hybridized carbons (Fsp3) is 0.350. The molecule has 0 aromatic heterocycles. The summed E-state index contributed by atoms with van der Waals surface area (Å²) >= 11 is 0. The zero-order valence-electron chi connectivity index (χ0n) is 16.7. The van der Waals surface area contributed by atoms with Gasteiger partial charge in [0.2, 0.25) is 11.7 Å². The Hall–Kier alpha value is -3.69. The van der Waals surface area contributed by atoms with E-state index in [0.29, 0.717) is 18.5 Å². The van der Waals surface area contributed by atoms with Crippen LogP contribution in [0.25, 0.3) is 0 Å². The number of likely N-dealkylation sites (N-methyl/N-ethyl adjacent to an activating group) is 1. The summed E-state index contributed by atoms with van der Waals surface area (Å²) in [5.41, 5.74) is 0.302. The molecule has 2 aliphatic rings. The van der Waals surface area contributed by atoms with Crippen molar-refractivity contribution in [2.75, 3.05) is 25.6 Å². The molecule has 1 amide bonds. The standard InChI is InChI=1S/C20H20N4O6/c1-12(25)22-9-8-20(14-6-4-5-7-16(14)21(2)19(20)22)15-10-13(23(26)27)11-17(24(28)29)18(15)30-3/h4-7,10-11,19H,8-9H2,1-3H3/t19-,20-/m1/s1. The molecule has 10 nitrogen and oxygen atoms in total. The molecule has 2 aromatic carbocycles. The minimum absolute atomic E-state index is 0.0221. The average molecular weight is 412 g/mol. The Labute approximate surface area is 171 Å². The summed E-state index contributed by atoms with van der Waals surface area (Å²) in [6, 6.07) is 9.79. The van der Waals surface area contributed by atoms with Crippen LogP contribution in [-0.4, -0.2) is 47.5 Å². The van der Waals surface area contributed by atoms with E-state index >= 15 is 0 Å². The zero-order chi connectivity index (χ0) is 21.8. The number of hydrogen-bond donors (Lipinski definition) is 0. The number of likely N-dealkylation sites (tertiary alicyclic amines) is 1. The number of anilines is 1. The van der Waals surface area contributed by atoms with Crippen LogP contribution in [0.2, 0.25) is 0 Å². The Balaban J connectivity index is 2.10. The highest BCUT2D eigenvalue weighted by molar-refractivity contribution is 5.80. The van der Waals surface area contributed by atoms with Crippen LogP contribution in [0.5, 0.6) is 5.75 Å². The number of nitro groups is 2. The summed E-state index contributed by atoms with van der Waals surface area (Å²) in [5.74, 6) is -0.161. The van der Waals surface area contributed by atoms with Crippen LogP contribution in [0.1, 0.15) is 24.5 Å². The van der Waals surface area contributed by atoms with Crippen molar-refractivity contribution in [3.8, 4) is 5.75 Å². The molecule has 4 rings (SSSR count). The van der Waals surface area contributed by atoms with Gasteiger partial charge in [-0.15, -0.1) is 0 Å². The first kappa shape index (κ1) is 19.6. The summed E-state index contributed by atoms with van der Waals surface area (Å²) in [6.45, 7) is 1.89. The van der Waals surface area contributed by atoms with Crippen LogP contribution >= 0.6 is 0 Å². The van der Waals surface area contributed by atoms with E-state index in [1.165, 1.54) is 20.1 Å². The second kappa shape index (κ2) is 6.68. The second-order valence-corrected chi connectivity index (χ2v) is 7.50. The van der Waals surface area contributed by atoms with E-state index in [-0.39, 0.29) is 17.3 Å². The Kier molecular flexibility index (Phi) is 4.37. The molecule has 10 heteroatoms. The highest BCUT2D eigenvalue weighted by Crippen LogP contribution is 2.58. The number of nitrogens with zero attached hydrogens (tertiary/aromatic N) is 4. The number of rotatable bonds is 4. The van der Waals surface area contributed by atoms with E-state index < -0.39 is 27.1 Å². The molecule has 0 radical (unpaired) electrons. The van der Waals surface area contributed by atoms with Crippen molar-refractivity contribution in [2.45, 2.75) is 24.9 Å². The summed E-state index contributed by atoms with van der Waals surface area (Å²) in [7, 11) is 3.16. The summed E-state index contributed by atoms with van der Waals surface area (Å²) in [4.78, 5) is 38.0. The molecular weight excluding hydrogens is 392 g/mol. The largest absolute Gasteiger partial charge is 0.490 e. The van der Waals surface area contributed by atoms with Gasteiger partial charge in [-0.2, -0.15) is 0 Å². The molecule has 2 aliphatic heterocycles. The number of ether oxygens (including phenoxy) is 1. The van der Waals surface area contributed by atoms with E-state index in [4.69, 9.17) is 4.74 Å². The van der Waals surface area contributed by atoms with Crippen molar-refractivity contribution in [1.82, 2.24) is 4.90 Å². The molecule has 1 saturated heterocycles. The maximum Gasteiger partial charge on any atom is 0.318 e. The van der Waals surface area contributed by atoms with Crippen LogP contribution in [0, 0.1) is 20.2 Å². The van der Waals surface area contributed by atoms with Crippen molar-refractivity contribution in [3.05, 3.63) is 67.8 Å². The topological polar surface area (TPSA) is 119 Å². The molecule has 0 bridgehead atoms. The van der Waals surface area contributed by atoms with Crippen LogP contribution in [-0.2, 0) is 10.2 Å². The lowest BCUT2D eigenvalue weighted by atomic mass is 9.72. The number of para-hydroxylation sites is 1. The van der Waals surface area contributed by atoms with Gasteiger partial charge in [0, 0.05) is 37.8 Å². The molecule has 0 aliphatic carbocycles. The van der Waals surface area contributed by atoms with Crippen molar-refractivity contribution < 1.29 is 19.4 Å². The molecule has 0 unspecified atom stereocenters. The minimum Gasteiger partial charge on any atom is -0.490 e. The Morgan fingerprint density at radius 2 is 1.87 bits per heavy atom. The number of benzene rings is 2. The molecule has 2 heterocycles. The van der Waals surface area contributed by atoms with Gasteiger partial charge >= 0.3 is 5.69 Å². The third-order valence-corrected chi connectivity index (χ3v) is 6.17. The lowest BCUT2D eigenvalue weighted by Gasteiger charge is -2.36. The fourth-order valence-electron chi connectivity index (χ4n) is 5.05. The molecule has 30 heavy (non-hydrogen) atoms. The van der Waals surface area contributed by atoms with E-state index in [1.807, 2.05) is 36.2 Å². The van der Waals surface area contributed by atoms with E-state index in [0.717, 1.165) is 17.3 Å². The number of methoxy groups -OCH3 is 1. The van der Waals surface area contributed by atoms with E-state index in [9.17, 15) is 25.0 Å². The number of carbonyl (C=O) groups is 1. The van der Waals surface area contributed by atoms with Gasteiger partial charge in [-0.3, -0.25) is 25.0 Å². The number of non-ortho nitro benzene ring substituents is 1. The van der Waals surface area contributed by atoms with Crippen molar-refractivity contribution in [2.24, 2.45) is 0 Å². The number of nitro benzene ring substituents is 2. The molecule has 0 spiro atoms. The van der Waals surface area contributed by atoms with Crippen LogP contribution in [0.15, 0.2) is 36.4 Å². The normalized spacial score (nSPS) is 21.9. The highest BCUT2D eigenvalue weighted by Gasteiger charge is 2.60. The monoisotopic (exact) mass is 412 g/mol. The Bertz CT molecular complexity index is 1090. The third kappa shape index (κ3) is 2.46. The Morgan fingerprint density at radius 3 is 2.47 bits per heavy atom. The molecular formula is C20H20N4O6. The van der Waals surface area contributed by atoms with Crippen LogP contribution in [0.3, 0.4) is 0 Å². The number of amides is 1. The first-order valence-electron chi connectivity index (χ1n) is 9.35. The van der Waals surface area contributed by atoms with Crippen LogP contribution in [0.4, 0.5) is 17.1 Å². The molecule has 0 N–H and O–H groups in total. The number of hydrogen-bond acceptors (Lipinski definition) is 7. The van der Waals surface area contributed by atoms with Gasteiger partial charge in [0.15, 0.2) is 0 Å². The van der Waals surface area contributed by atoms with Gasteiger partial charge in [0.1, 0.15) is 6.17 Å². The smallest absolute Gasteiger partial charge is 0.318 e. The van der Waals surface area contributed by atoms with Crippen LogP contribution < -0.4 is 9.64 Å². The van der Waals surface area contributed by atoms with E-state index in [1.54, 1.807) is 4.90 Å². The quantitative estimate of drug-likeness (QED) is 0.559. The van der Waals surface area contributed by atoms with Gasteiger partial charge in [0.05, 0.1) is 28.4 Å². The summed E-state index contributed by atoms with van der Waals surface area (Å²) in [6.07, 6.45) is -0.0317. The molecule has 2 aromatic rings. The molecule has 2 atom stereocenters. The van der Waals surface area contributed by atoms with Crippen molar-refractivity contribution in [1.29, 1.82) is 0 Å².